The van der Waals surface area contributed by atoms with E-state index in [0.717, 1.165) is 12.8 Å². The molecule has 0 N–H and O–H groups in total. The fourth-order valence-electron chi connectivity index (χ4n) is 2.38. The largest absolute Gasteiger partial charge is 0.465 e. The van der Waals surface area contributed by atoms with E-state index in [4.69, 9.17) is 4.74 Å². The van der Waals surface area contributed by atoms with Gasteiger partial charge in [-0.15, -0.1) is 0 Å². The highest BCUT2D eigenvalue weighted by Crippen LogP contribution is 2.29. The van der Waals surface area contributed by atoms with Gasteiger partial charge in [0.1, 0.15) is 5.78 Å². The number of unbranched alkanes of at least 4 members (excludes halogenated alkanes) is 1. The smallest absolute Gasteiger partial charge is 0.309 e. The standard InChI is InChI=1S/C15H28O3/c1-7-8-9-18-15(17)14(11(4)5)13(10(2)3)12(6)16/h10-11,13-14H,7-9H2,1-6H3. The summed E-state index contributed by atoms with van der Waals surface area (Å²) in [6.45, 7) is 12.0. The molecule has 0 rings (SSSR count). The molecule has 0 bridgehead atoms. The van der Waals surface area contributed by atoms with Crippen LogP contribution in [0.2, 0.25) is 0 Å². The highest BCUT2D eigenvalue weighted by Gasteiger charge is 2.36. The normalized spacial score (nSPS) is 14.7. The molecule has 0 aromatic carbocycles. The molecule has 0 aliphatic carbocycles. The Morgan fingerprint density at radius 3 is 1.83 bits per heavy atom. The van der Waals surface area contributed by atoms with E-state index in [1.807, 2.05) is 27.7 Å². The number of hydrogen-bond donors (Lipinski definition) is 0. The van der Waals surface area contributed by atoms with Gasteiger partial charge in [0.15, 0.2) is 0 Å². The molecule has 0 radical (unpaired) electrons. The molecule has 2 unspecified atom stereocenters. The van der Waals surface area contributed by atoms with E-state index >= 15 is 0 Å². The summed E-state index contributed by atoms with van der Waals surface area (Å²) in [5.74, 6) is -0.411. The molecular weight excluding hydrogens is 228 g/mol. The van der Waals surface area contributed by atoms with Crippen molar-refractivity contribution in [1.29, 1.82) is 0 Å². The van der Waals surface area contributed by atoms with Crippen molar-refractivity contribution >= 4 is 11.8 Å². The fourth-order valence-corrected chi connectivity index (χ4v) is 2.38. The van der Waals surface area contributed by atoms with E-state index in [1.165, 1.54) is 0 Å². The van der Waals surface area contributed by atoms with Crippen molar-refractivity contribution < 1.29 is 14.3 Å². The maximum absolute atomic E-state index is 12.1. The van der Waals surface area contributed by atoms with Crippen molar-refractivity contribution in [2.24, 2.45) is 23.7 Å². The van der Waals surface area contributed by atoms with Gasteiger partial charge in [0.2, 0.25) is 0 Å². The maximum atomic E-state index is 12.1. The summed E-state index contributed by atoms with van der Waals surface area (Å²) in [4.78, 5) is 23.9. The van der Waals surface area contributed by atoms with Crippen LogP contribution in [0.4, 0.5) is 0 Å². The average Bonchev–Trinajstić information content (AvgIpc) is 2.24. The van der Waals surface area contributed by atoms with Gasteiger partial charge in [-0.3, -0.25) is 9.59 Å². The third-order valence-corrected chi connectivity index (χ3v) is 3.31. The molecule has 0 spiro atoms. The number of hydrogen-bond acceptors (Lipinski definition) is 3. The molecule has 18 heavy (non-hydrogen) atoms. The van der Waals surface area contributed by atoms with Gasteiger partial charge in [0.05, 0.1) is 12.5 Å². The van der Waals surface area contributed by atoms with Gasteiger partial charge in [-0.2, -0.15) is 0 Å². The van der Waals surface area contributed by atoms with Crippen molar-refractivity contribution in [1.82, 2.24) is 0 Å². The molecule has 0 aliphatic heterocycles. The van der Waals surface area contributed by atoms with Crippen LogP contribution in [0.5, 0.6) is 0 Å². The zero-order valence-electron chi connectivity index (χ0n) is 12.7. The van der Waals surface area contributed by atoms with Crippen molar-refractivity contribution in [2.45, 2.75) is 54.4 Å². The Morgan fingerprint density at radius 1 is 1.00 bits per heavy atom. The molecule has 0 aromatic heterocycles. The number of ether oxygens (including phenoxy) is 1. The van der Waals surface area contributed by atoms with Crippen LogP contribution in [0, 0.1) is 23.7 Å². The van der Waals surface area contributed by atoms with Gasteiger partial charge < -0.3 is 4.74 Å². The van der Waals surface area contributed by atoms with Crippen LogP contribution in [0.3, 0.4) is 0 Å². The minimum Gasteiger partial charge on any atom is -0.465 e. The van der Waals surface area contributed by atoms with Gasteiger partial charge in [0.25, 0.3) is 0 Å². The van der Waals surface area contributed by atoms with Crippen LogP contribution in [0.15, 0.2) is 0 Å². The molecule has 106 valence electrons. The lowest BCUT2D eigenvalue weighted by Crippen LogP contribution is -2.37. The number of carbonyl (C=O) groups is 2. The Hall–Kier alpha value is -0.860. The second-order valence-electron chi connectivity index (χ2n) is 5.67. The SMILES string of the molecule is CCCCOC(=O)C(C(C)C)C(C(C)=O)C(C)C. The first-order valence-electron chi connectivity index (χ1n) is 6.99. The highest BCUT2D eigenvalue weighted by molar-refractivity contribution is 5.85. The molecular formula is C15H28O3. The van der Waals surface area contributed by atoms with Crippen molar-refractivity contribution in [3.05, 3.63) is 0 Å². The minimum absolute atomic E-state index is 0.0798. The number of esters is 1. The first-order valence-corrected chi connectivity index (χ1v) is 6.99. The van der Waals surface area contributed by atoms with Crippen LogP contribution in [-0.4, -0.2) is 18.4 Å². The number of carbonyl (C=O) groups excluding carboxylic acids is 2. The van der Waals surface area contributed by atoms with Crippen LogP contribution in [-0.2, 0) is 14.3 Å². The Kier molecular flexibility index (Phi) is 7.88. The Morgan fingerprint density at radius 2 is 1.50 bits per heavy atom. The molecule has 0 amide bonds. The number of rotatable bonds is 8. The Labute approximate surface area is 111 Å². The van der Waals surface area contributed by atoms with E-state index in [2.05, 4.69) is 6.92 Å². The van der Waals surface area contributed by atoms with E-state index in [9.17, 15) is 9.59 Å². The quantitative estimate of drug-likeness (QED) is 0.493. The summed E-state index contributed by atoms with van der Waals surface area (Å²) in [5.41, 5.74) is 0. The lowest BCUT2D eigenvalue weighted by molar-refractivity contribution is -0.156. The van der Waals surface area contributed by atoms with E-state index in [0.29, 0.717) is 6.61 Å². The summed E-state index contributed by atoms with van der Waals surface area (Å²) >= 11 is 0. The summed E-state index contributed by atoms with van der Waals surface area (Å²) in [5, 5.41) is 0. The second kappa shape index (κ2) is 8.28. The molecule has 0 saturated heterocycles. The molecule has 0 aliphatic rings. The predicted molar refractivity (Wildman–Crippen MR) is 73.2 cm³/mol. The Balaban J connectivity index is 4.82. The van der Waals surface area contributed by atoms with Crippen LogP contribution in [0.25, 0.3) is 0 Å². The van der Waals surface area contributed by atoms with Gasteiger partial charge in [-0.25, -0.2) is 0 Å². The first kappa shape index (κ1) is 17.1. The van der Waals surface area contributed by atoms with Gasteiger partial charge in [0, 0.05) is 5.92 Å². The third-order valence-electron chi connectivity index (χ3n) is 3.31. The predicted octanol–water partition coefficient (Wildman–Crippen LogP) is 3.46. The summed E-state index contributed by atoms with van der Waals surface area (Å²) < 4.78 is 5.30. The summed E-state index contributed by atoms with van der Waals surface area (Å²) in [7, 11) is 0. The second-order valence-corrected chi connectivity index (χ2v) is 5.67. The molecule has 3 nitrogen and oxygen atoms in total. The molecule has 0 fully saturated rings. The number of ketones is 1. The monoisotopic (exact) mass is 256 g/mol. The van der Waals surface area contributed by atoms with Crippen LogP contribution >= 0.6 is 0 Å². The lowest BCUT2D eigenvalue weighted by Gasteiger charge is -2.29. The zero-order chi connectivity index (χ0) is 14.3. The van der Waals surface area contributed by atoms with Crippen LogP contribution < -0.4 is 0 Å². The Bertz CT molecular complexity index is 269. The molecule has 0 saturated carbocycles. The van der Waals surface area contributed by atoms with Gasteiger partial charge >= 0.3 is 5.97 Å². The van der Waals surface area contributed by atoms with E-state index in [1.54, 1.807) is 6.92 Å². The fraction of sp³-hybridized carbons (Fsp3) is 0.867. The molecule has 0 aromatic rings. The highest BCUT2D eigenvalue weighted by atomic mass is 16.5. The van der Waals surface area contributed by atoms with Gasteiger partial charge in [-0.1, -0.05) is 41.0 Å². The third kappa shape index (κ3) is 5.19. The molecule has 2 atom stereocenters. The van der Waals surface area contributed by atoms with E-state index < -0.39 is 0 Å². The van der Waals surface area contributed by atoms with Crippen LogP contribution in [0.1, 0.15) is 54.4 Å². The van der Waals surface area contributed by atoms with Gasteiger partial charge in [-0.05, 0) is 25.2 Å². The summed E-state index contributed by atoms with van der Waals surface area (Å²) in [6.07, 6.45) is 1.88. The van der Waals surface area contributed by atoms with E-state index in [-0.39, 0.29) is 35.4 Å². The van der Waals surface area contributed by atoms with Crippen molar-refractivity contribution in [2.75, 3.05) is 6.61 Å². The molecule has 3 heteroatoms. The zero-order valence-corrected chi connectivity index (χ0v) is 12.7. The van der Waals surface area contributed by atoms with Crippen molar-refractivity contribution in [3.8, 4) is 0 Å². The minimum atomic E-state index is -0.320. The number of Topliss-reactive ketones (excluding diaryl/α,β-unsaturated/α-hetero) is 1. The topological polar surface area (TPSA) is 43.4 Å². The van der Waals surface area contributed by atoms with Crippen molar-refractivity contribution in [3.63, 3.8) is 0 Å². The molecule has 0 heterocycles. The average molecular weight is 256 g/mol. The maximum Gasteiger partial charge on any atom is 0.309 e. The summed E-state index contributed by atoms with van der Waals surface area (Å²) in [6, 6.07) is 0. The lowest BCUT2D eigenvalue weighted by atomic mass is 9.75. The first-order chi connectivity index (χ1) is 8.32.